The number of alkyl halides is 3. The van der Waals surface area contributed by atoms with E-state index in [0.717, 1.165) is 38.9 Å². The predicted molar refractivity (Wildman–Crippen MR) is 106 cm³/mol. The number of carbonyl (C=O) groups is 1. The van der Waals surface area contributed by atoms with Crippen molar-refractivity contribution in [3.05, 3.63) is 18.0 Å². The minimum Gasteiger partial charge on any atom is -0.475 e. The number of ether oxygens (including phenoxy) is 2. The molecule has 176 valence electrons. The fourth-order valence-electron chi connectivity index (χ4n) is 4.39. The Morgan fingerprint density at radius 3 is 2.52 bits per heavy atom. The SMILES string of the molecule is Cn1cc(CN2CCC3(CCOCC3COCC3CC3)CC2)cn1.O=C(O)C(F)(F)F. The molecular formula is C21H32F3N3O4. The van der Waals surface area contributed by atoms with Gasteiger partial charge in [0, 0.05) is 44.5 Å². The third-order valence-electron chi connectivity index (χ3n) is 6.56. The van der Waals surface area contributed by atoms with Crippen molar-refractivity contribution in [2.24, 2.45) is 24.3 Å². The highest BCUT2D eigenvalue weighted by atomic mass is 19.4. The number of aliphatic carboxylic acids is 1. The Kier molecular flexibility index (Phi) is 7.98. The van der Waals surface area contributed by atoms with Crippen molar-refractivity contribution in [1.82, 2.24) is 14.7 Å². The van der Waals surface area contributed by atoms with E-state index in [-0.39, 0.29) is 0 Å². The summed E-state index contributed by atoms with van der Waals surface area (Å²) in [5.41, 5.74) is 1.78. The molecule has 1 N–H and O–H groups in total. The van der Waals surface area contributed by atoms with Crippen molar-refractivity contribution in [3.63, 3.8) is 0 Å². The number of halogens is 3. The van der Waals surface area contributed by atoms with Gasteiger partial charge in [0.2, 0.25) is 0 Å². The molecule has 3 fully saturated rings. The van der Waals surface area contributed by atoms with Crippen LogP contribution in [0.3, 0.4) is 0 Å². The standard InChI is InChI=1S/C19H31N3O2.C2HF3O2/c1-21-11-17(10-20-21)12-22-7-4-19(5-8-22)6-9-23-14-18(19)15-24-13-16-2-3-16;3-2(4,5)1(6)7/h10-11,16,18H,2-9,12-15H2,1H3;(H,6,7). The molecule has 3 aliphatic rings. The largest absolute Gasteiger partial charge is 0.490 e. The number of hydrogen-bond donors (Lipinski definition) is 1. The molecule has 1 aromatic rings. The molecule has 1 spiro atoms. The highest BCUT2D eigenvalue weighted by Crippen LogP contribution is 2.45. The van der Waals surface area contributed by atoms with Crippen LogP contribution in [0.25, 0.3) is 0 Å². The fraction of sp³-hybridized carbons (Fsp3) is 0.810. The summed E-state index contributed by atoms with van der Waals surface area (Å²) >= 11 is 0. The quantitative estimate of drug-likeness (QED) is 0.722. The van der Waals surface area contributed by atoms with E-state index in [9.17, 15) is 13.2 Å². The maximum Gasteiger partial charge on any atom is 0.490 e. The average Bonchev–Trinajstić information content (AvgIpc) is 3.45. The summed E-state index contributed by atoms with van der Waals surface area (Å²) in [7, 11) is 1.99. The summed E-state index contributed by atoms with van der Waals surface area (Å²) in [5.74, 6) is -1.31. The molecule has 0 bridgehead atoms. The van der Waals surface area contributed by atoms with Gasteiger partial charge in [0.15, 0.2) is 0 Å². The van der Waals surface area contributed by atoms with E-state index in [1.165, 1.54) is 50.8 Å². The maximum absolute atomic E-state index is 10.6. The third-order valence-corrected chi connectivity index (χ3v) is 6.56. The zero-order valence-electron chi connectivity index (χ0n) is 17.9. The fourth-order valence-corrected chi connectivity index (χ4v) is 4.39. The van der Waals surface area contributed by atoms with Crippen LogP contribution in [-0.2, 0) is 27.9 Å². The first-order valence-electron chi connectivity index (χ1n) is 10.8. The van der Waals surface area contributed by atoms with Gasteiger partial charge in [0.05, 0.1) is 19.4 Å². The van der Waals surface area contributed by atoms with Gasteiger partial charge < -0.3 is 14.6 Å². The lowest BCUT2D eigenvalue weighted by Gasteiger charge is -2.49. The van der Waals surface area contributed by atoms with E-state index in [1.807, 2.05) is 17.9 Å². The molecule has 1 atom stereocenters. The van der Waals surface area contributed by atoms with Gasteiger partial charge in [-0.2, -0.15) is 18.3 Å². The molecule has 0 aromatic carbocycles. The van der Waals surface area contributed by atoms with E-state index in [4.69, 9.17) is 19.4 Å². The molecule has 0 amide bonds. The molecule has 1 saturated carbocycles. The summed E-state index contributed by atoms with van der Waals surface area (Å²) in [4.78, 5) is 11.5. The first-order valence-corrected chi connectivity index (χ1v) is 10.8. The molecular weight excluding hydrogens is 415 g/mol. The molecule has 1 aliphatic carbocycles. The topological polar surface area (TPSA) is 76.8 Å². The Hall–Kier alpha value is -1.65. The molecule has 7 nitrogen and oxygen atoms in total. The van der Waals surface area contributed by atoms with Crippen LogP contribution in [-0.4, -0.2) is 71.4 Å². The van der Waals surface area contributed by atoms with E-state index in [0.29, 0.717) is 11.3 Å². The Bertz CT molecular complexity index is 713. The van der Waals surface area contributed by atoms with Gasteiger partial charge in [-0.05, 0) is 56.5 Å². The second-order valence-corrected chi connectivity index (χ2v) is 8.97. The lowest BCUT2D eigenvalue weighted by atomic mass is 9.66. The van der Waals surface area contributed by atoms with E-state index < -0.39 is 12.1 Å². The van der Waals surface area contributed by atoms with Crippen LogP contribution < -0.4 is 0 Å². The van der Waals surface area contributed by atoms with Gasteiger partial charge in [0.1, 0.15) is 0 Å². The molecule has 4 rings (SSSR count). The van der Waals surface area contributed by atoms with Crippen LogP contribution >= 0.6 is 0 Å². The average molecular weight is 447 g/mol. The summed E-state index contributed by atoms with van der Waals surface area (Å²) in [6, 6.07) is 0. The van der Waals surface area contributed by atoms with Crippen molar-refractivity contribution >= 4 is 5.97 Å². The zero-order valence-corrected chi connectivity index (χ0v) is 17.9. The number of likely N-dealkylation sites (tertiary alicyclic amines) is 1. The molecule has 3 heterocycles. The van der Waals surface area contributed by atoms with E-state index in [1.54, 1.807) is 0 Å². The summed E-state index contributed by atoms with van der Waals surface area (Å²) < 4.78 is 45.5. The summed E-state index contributed by atoms with van der Waals surface area (Å²) in [6.45, 7) is 7.11. The molecule has 0 radical (unpaired) electrons. The molecule has 10 heteroatoms. The van der Waals surface area contributed by atoms with Gasteiger partial charge in [-0.3, -0.25) is 9.58 Å². The van der Waals surface area contributed by atoms with Crippen LogP contribution in [0.1, 0.15) is 37.7 Å². The number of hydrogen-bond acceptors (Lipinski definition) is 5. The second kappa shape index (κ2) is 10.3. The zero-order chi connectivity index (χ0) is 22.5. The lowest BCUT2D eigenvalue weighted by Crippen LogP contribution is -2.49. The summed E-state index contributed by atoms with van der Waals surface area (Å²) in [5, 5.41) is 11.4. The monoisotopic (exact) mass is 447 g/mol. The van der Waals surface area contributed by atoms with Gasteiger partial charge in [-0.1, -0.05) is 0 Å². The van der Waals surface area contributed by atoms with Crippen LogP contribution in [0.4, 0.5) is 13.2 Å². The lowest BCUT2D eigenvalue weighted by molar-refractivity contribution is -0.192. The van der Waals surface area contributed by atoms with Gasteiger partial charge >= 0.3 is 12.1 Å². The number of carboxylic acid groups (broad SMARTS) is 1. The third kappa shape index (κ3) is 7.18. The smallest absolute Gasteiger partial charge is 0.475 e. The highest BCUT2D eigenvalue weighted by Gasteiger charge is 2.43. The van der Waals surface area contributed by atoms with Crippen LogP contribution in [0.2, 0.25) is 0 Å². The number of nitrogens with zero attached hydrogens (tertiary/aromatic N) is 3. The molecule has 31 heavy (non-hydrogen) atoms. The van der Waals surface area contributed by atoms with Gasteiger partial charge in [-0.25, -0.2) is 4.79 Å². The van der Waals surface area contributed by atoms with E-state index >= 15 is 0 Å². The number of aryl methyl sites for hydroxylation is 1. The van der Waals surface area contributed by atoms with Gasteiger partial charge in [0.25, 0.3) is 0 Å². The number of aromatic nitrogens is 2. The highest BCUT2D eigenvalue weighted by molar-refractivity contribution is 5.73. The van der Waals surface area contributed by atoms with Crippen molar-refractivity contribution in [2.75, 3.05) is 39.5 Å². The van der Waals surface area contributed by atoms with Crippen LogP contribution in [0.5, 0.6) is 0 Å². The molecule has 2 saturated heterocycles. The minimum absolute atomic E-state index is 0.452. The normalized spacial score (nSPS) is 23.9. The minimum atomic E-state index is -5.08. The van der Waals surface area contributed by atoms with E-state index in [2.05, 4.69) is 16.2 Å². The Morgan fingerprint density at radius 1 is 1.29 bits per heavy atom. The Labute approximate surface area is 180 Å². The van der Waals surface area contributed by atoms with Gasteiger partial charge in [-0.15, -0.1) is 0 Å². The van der Waals surface area contributed by atoms with Crippen molar-refractivity contribution < 1.29 is 32.5 Å². The van der Waals surface area contributed by atoms with Crippen LogP contribution in [0, 0.1) is 17.3 Å². The maximum atomic E-state index is 10.6. The summed E-state index contributed by atoms with van der Waals surface area (Å²) in [6.07, 6.45) is 5.57. The Balaban J connectivity index is 0.000000339. The number of rotatable bonds is 6. The molecule has 2 aliphatic heterocycles. The molecule has 1 unspecified atom stereocenters. The first kappa shape index (κ1) is 24.0. The molecule has 1 aromatic heterocycles. The first-order chi connectivity index (χ1) is 14.7. The number of carboxylic acids is 1. The van der Waals surface area contributed by atoms with Crippen molar-refractivity contribution in [3.8, 4) is 0 Å². The van der Waals surface area contributed by atoms with Crippen molar-refractivity contribution in [1.29, 1.82) is 0 Å². The second-order valence-electron chi connectivity index (χ2n) is 8.97. The number of piperidine rings is 1. The van der Waals surface area contributed by atoms with Crippen molar-refractivity contribution in [2.45, 2.75) is 44.8 Å². The van der Waals surface area contributed by atoms with Crippen LogP contribution in [0.15, 0.2) is 12.4 Å². The Morgan fingerprint density at radius 2 is 1.97 bits per heavy atom. The predicted octanol–water partition coefficient (Wildman–Crippen LogP) is 3.10.